The molecule has 3 aromatic carbocycles. The maximum Gasteiger partial charge on any atom is 0.422 e. The van der Waals surface area contributed by atoms with Crippen LogP contribution in [0.5, 0.6) is 0 Å². The lowest BCUT2D eigenvalue weighted by molar-refractivity contribution is -0.143. The second kappa shape index (κ2) is 9.84. The van der Waals surface area contributed by atoms with Crippen LogP contribution in [0.2, 0.25) is 0 Å². The van der Waals surface area contributed by atoms with Crippen molar-refractivity contribution in [2.24, 2.45) is 5.73 Å². The van der Waals surface area contributed by atoms with Crippen molar-refractivity contribution in [3.05, 3.63) is 99.1 Å². The molecule has 3 nitrogen and oxygen atoms in total. The van der Waals surface area contributed by atoms with Crippen LogP contribution in [-0.2, 0) is 30.4 Å². The van der Waals surface area contributed by atoms with E-state index in [1.54, 1.807) is 23.5 Å². The van der Waals surface area contributed by atoms with Gasteiger partial charge in [-0.2, -0.15) is 13.2 Å². The van der Waals surface area contributed by atoms with E-state index in [-0.39, 0.29) is 6.54 Å². The third kappa shape index (κ3) is 5.39. The quantitative estimate of drug-likeness (QED) is 0.343. The van der Waals surface area contributed by atoms with Crippen LogP contribution in [0.25, 0.3) is 0 Å². The van der Waals surface area contributed by atoms with Gasteiger partial charge in [-0.1, -0.05) is 48.0 Å². The fraction of sp³-hybridized carbons (Fsp3) is 0.208. The second-order valence-corrected chi connectivity index (χ2v) is 7.70. The SMILES string of the molecule is Cc1cccc(Cc2ccc(CN)c(CC(=O)Nc3c(F)c(F)c(C(F)(F)F)c(F)c3F)c2)c1. The molecule has 0 aliphatic heterocycles. The minimum atomic E-state index is -5.67. The molecule has 0 aliphatic rings. The molecule has 3 aromatic rings. The molecule has 0 atom stereocenters. The van der Waals surface area contributed by atoms with Crippen LogP contribution in [0.4, 0.5) is 36.4 Å². The van der Waals surface area contributed by atoms with Crippen LogP contribution in [0.1, 0.15) is 33.4 Å². The number of carbonyl (C=O) groups excluding carboxylic acids is 1. The molecule has 0 radical (unpaired) electrons. The standard InChI is InChI=1S/C24H19F7N2O/c1-12-3-2-4-13(7-12)8-14-5-6-15(11-32)16(9-14)10-17(34)33-23-21(27)19(25)18(24(29,30)31)20(26)22(23)28/h2-7,9H,8,10-11,32H2,1H3,(H,33,34). The first-order valence-electron chi connectivity index (χ1n) is 10.0. The second-order valence-electron chi connectivity index (χ2n) is 7.70. The first-order valence-corrected chi connectivity index (χ1v) is 10.0. The van der Waals surface area contributed by atoms with Crippen LogP contribution < -0.4 is 11.1 Å². The molecule has 0 bridgehead atoms. The minimum Gasteiger partial charge on any atom is -0.326 e. The average Bonchev–Trinajstić information content (AvgIpc) is 2.75. The summed E-state index contributed by atoms with van der Waals surface area (Å²) in [6.45, 7) is 1.96. The number of nitrogens with one attached hydrogen (secondary N) is 1. The van der Waals surface area contributed by atoms with Gasteiger partial charge in [0.05, 0.1) is 6.42 Å². The molecule has 0 spiro atoms. The third-order valence-electron chi connectivity index (χ3n) is 5.14. The Balaban J connectivity index is 1.87. The molecule has 0 fully saturated rings. The van der Waals surface area contributed by atoms with E-state index in [1.807, 2.05) is 31.2 Å². The van der Waals surface area contributed by atoms with Crippen molar-refractivity contribution < 1.29 is 35.5 Å². The van der Waals surface area contributed by atoms with E-state index in [9.17, 15) is 35.5 Å². The van der Waals surface area contributed by atoms with Gasteiger partial charge in [0.1, 0.15) is 11.3 Å². The van der Waals surface area contributed by atoms with Crippen molar-refractivity contribution in [2.45, 2.75) is 32.5 Å². The number of rotatable bonds is 6. The summed E-state index contributed by atoms with van der Waals surface area (Å²) < 4.78 is 94.0. The maximum atomic E-state index is 14.1. The van der Waals surface area contributed by atoms with Gasteiger partial charge in [-0.15, -0.1) is 0 Å². The van der Waals surface area contributed by atoms with Crippen molar-refractivity contribution in [3.8, 4) is 0 Å². The molecule has 0 aromatic heterocycles. The topological polar surface area (TPSA) is 55.1 Å². The molecule has 10 heteroatoms. The Morgan fingerprint density at radius 2 is 1.50 bits per heavy atom. The predicted molar refractivity (Wildman–Crippen MR) is 112 cm³/mol. The fourth-order valence-electron chi connectivity index (χ4n) is 3.56. The van der Waals surface area contributed by atoms with Crippen LogP contribution in [-0.4, -0.2) is 5.91 Å². The number of anilines is 1. The predicted octanol–water partition coefficient (Wildman–Crippen LogP) is 5.80. The van der Waals surface area contributed by atoms with Crippen LogP contribution in [0.15, 0.2) is 42.5 Å². The highest BCUT2D eigenvalue weighted by molar-refractivity contribution is 5.92. The van der Waals surface area contributed by atoms with Crippen molar-refractivity contribution in [3.63, 3.8) is 0 Å². The van der Waals surface area contributed by atoms with Crippen molar-refractivity contribution in [2.75, 3.05) is 5.32 Å². The van der Waals surface area contributed by atoms with Crippen LogP contribution in [0.3, 0.4) is 0 Å². The van der Waals surface area contributed by atoms with Gasteiger partial charge in [0.2, 0.25) is 5.91 Å². The molecule has 180 valence electrons. The first kappa shape index (κ1) is 25.2. The van der Waals surface area contributed by atoms with E-state index in [4.69, 9.17) is 5.73 Å². The van der Waals surface area contributed by atoms with Gasteiger partial charge < -0.3 is 11.1 Å². The molecule has 0 aliphatic carbocycles. The fourth-order valence-corrected chi connectivity index (χ4v) is 3.56. The molecular weight excluding hydrogens is 465 g/mol. The summed E-state index contributed by atoms with van der Waals surface area (Å²) in [5.41, 5.74) is 5.11. The summed E-state index contributed by atoms with van der Waals surface area (Å²) in [6, 6.07) is 12.8. The zero-order chi connectivity index (χ0) is 25.2. The Kier molecular flexibility index (Phi) is 7.30. The normalized spacial score (nSPS) is 11.6. The van der Waals surface area contributed by atoms with Gasteiger partial charge in [0.25, 0.3) is 0 Å². The molecule has 0 saturated heterocycles. The maximum absolute atomic E-state index is 14.1. The smallest absolute Gasteiger partial charge is 0.326 e. The number of hydrogen-bond donors (Lipinski definition) is 2. The lowest BCUT2D eigenvalue weighted by atomic mass is 9.96. The number of halogens is 7. The summed E-state index contributed by atoms with van der Waals surface area (Å²) in [5, 5.41) is 1.64. The van der Waals surface area contributed by atoms with Gasteiger partial charge in [0, 0.05) is 6.54 Å². The molecule has 34 heavy (non-hydrogen) atoms. The Morgan fingerprint density at radius 1 is 0.882 bits per heavy atom. The molecular formula is C24H19F7N2O. The van der Waals surface area contributed by atoms with Gasteiger partial charge in [-0.3, -0.25) is 4.79 Å². The lowest BCUT2D eigenvalue weighted by Gasteiger charge is -2.15. The van der Waals surface area contributed by atoms with Gasteiger partial charge >= 0.3 is 6.18 Å². The van der Waals surface area contributed by atoms with E-state index in [1.165, 1.54) is 0 Å². The highest BCUT2D eigenvalue weighted by Gasteiger charge is 2.42. The van der Waals surface area contributed by atoms with Crippen LogP contribution >= 0.6 is 0 Å². The number of alkyl halides is 3. The van der Waals surface area contributed by atoms with Crippen molar-refractivity contribution in [1.82, 2.24) is 0 Å². The van der Waals surface area contributed by atoms with Crippen molar-refractivity contribution >= 4 is 11.6 Å². The molecule has 0 saturated carbocycles. The highest BCUT2D eigenvalue weighted by Crippen LogP contribution is 2.38. The molecule has 3 rings (SSSR count). The average molecular weight is 484 g/mol. The summed E-state index contributed by atoms with van der Waals surface area (Å²) in [4.78, 5) is 12.4. The molecule has 3 N–H and O–H groups in total. The molecule has 0 unspecified atom stereocenters. The van der Waals surface area contributed by atoms with E-state index in [0.717, 1.165) is 16.7 Å². The highest BCUT2D eigenvalue weighted by atomic mass is 19.4. The van der Waals surface area contributed by atoms with Gasteiger partial charge in [-0.05, 0) is 35.6 Å². The summed E-state index contributed by atoms with van der Waals surface area (Å²) >= 11 is 0. The van der Waals surface area contributed by atoms with E-state index < -0.39 is 53.0 Å². The Bertz CT molecular complexity index is 1210. The van der Waals surface area contributed by atoms with Crippen molar-refractivity contribution in [1.29, 1.82) is 0 Å². The Labute approximate surface area is 190 Å². The number of aryl methyl sites for hydroxylation is 1. The summed E-state index contributed by atoms with van der Waals surface area (Å²) in [6.07, 6.45) is -5.65. The third-order valence-corrected chi connectivity index (χ3v) is 5.14. The molecule has 1 amide bonds. The van der Waals surface area contributed by atoms with E-state index in [0.29, 0.717) is 17.5 Å². The van der Waals surface area contributed by atoms with E-state index >= 15 is 0 Å². The number of carbonyl (C=O) groups is 1. The Morgan fingerprint density at radius 3 is 2.06 bits per heavy atom. The molecule has 0 heterocycles. The number of amides is 1. The van der Waals surface area contributed by atoms with E-state index in [2.05, 4.69) is 0 Å². The minimum absolute atomic E-state index is 0.0274. The Hall–Kier alpha value is -3.40. The first-order chi connectivity index (χ1) is 15.9. The largest absolute Gasteiger partial charge is 0.422 e. The number of nitrogens with two attached hydrogens (primary N) is 1. The number of benzene rings is 3. The van der Waals surface area contributed by atoms with Gasteiger partial charge in [0.15, 0.2) is 23.3 Å². The van der Waals surface area contributed by atoms with Gasteiger partial charge in [-0.25, -0.2) is 17.6 Å². The summed E-state index contributed by atoms with van der Waals surface area (Å²) in [5.74, 6) is -11.1. The summed E-state index contributed by atoms with van der Waals surface area (Å²) in [7, 11) is 0. The lowest BCUT2D eigenvalue weighted by Crippen LogP contribution is -2.22. The number of hydrogen-bond acceptors (Lipinski definition) is 2. The zero-order valence-corrected chi connectivity index (χ0v) is 17.8. The van der Waals surface area contributed by atoms with Crippen LogP contribution in [0, 0.1) is 30.2 Å². The monoisotopic (exact) mass is 484 g/mol. The zero-order valence-electron chi connectivity index (χ0n) is 17.8.